The molecule has 142 valence electrons. The lowest BCUT2D eigenvalue weighted by Gasteiger charge is -2.29. The summed E-state index contributed by atoms with van der Waals surface area (Å²) in [4.78, 5) is 2.11. The predicted octanol–water partition coefficient (Wildman–Crippen LogP) is 3.35. The summed E-state index contributed by atoms with van der Waals surface area (Å²) in [5.41, 5.74) is 0.751. The molecule has 0 aromatic heterocycles. The van der Waals surface area contributed by atoms with Gasteiger partial charge in [-0.1, -0.05) is 0 Å². The highest BCUT2D eigenvalue weighted by Gasteiger charge is 2.54. The average Bonchev–Trinajstić information content (AvgIpc) is 2.84. The minimum absolute atomic E-state index is 0.570. The van der Waals surface area contributed by atoms with Gasteiger partial charge in [0, 0.05) is 12.0 Å². The van der Waals surface area contributed by atoms with E-state index in [2.05, 4.69) is 9.48 Å². The monoisotopic (exact) mass is 367 g/mol. The SMILES string of the molecule is COc1ccc(N2C3=[N+](CCCCC3)C[C@]2(O)c2ccc(OC)cc2)cc1. The van der Waals surface area contributed by atoms with Crippen LogP contribution in [0.3, 0.4) is 0 Å². The molecule has 0 unspecified atom stereocenters. The number of hydrogen-bond donors (Lipinski definition) is 1. The Bertz CT molecular complexity index is 830. The second-order valence-corrected chi connectivity index (χ2v) is 7.23. The van der Waals surface area contributed by atoms with Crippen molar-refractivity contribution in [2.45, 2.75) is 31.4 Å². The van der Waals surface area contributed by atoms with Crippen LogP contribution in [0.4, 0.5) is 5.69 Å². The summed E-state index contributed by atoms with van der Waals surface area (Å²) >= 11 is 0. The number of ether oxygens (including phenoxy) is 2. The Morgan fingerprint density at radius 1 is 0.889 bits per heavy atom. The lowest BCUT2D eigenvalue weighted by Crippen LogP contribution is -2.47. The maximum atomic E-state index is 11.9. The molecular weight excluding hydrogens is 340 g/mol. The summed E-state index contributed by atoms with van der Waals surface area (Å²) in [6.45, 7) is 1.56. The van der Waals surface area contributed by atoms with E-state index in [1.165, 1.54) is 18.7 Å². The van der Waals surface area contributed by atoms with E-state index >= 15 is 0 Å². The first-order chi connectivity index (χ1) is 13.2. The summed E-state index contributed by atoms with van der Waals surface area (Å²) < 4.78 is 12.9. The lowest BCUT2D eigenvalue weighted by atomic mass is 9.99. The number of aliphatic hydroxyl groups is 1. The Balaban J connectivity index is 1.79. The molecule has 2 aliphatic rings. The van der Waals surface area contributed by atoms with Crippen LogP contribution in [-0.2, 0) is 5.72 Å². The quantitative estimate of drug-likeness (QED) is 0.842. The summed E-state index contributed by atoms with van der Waals surface area (Å²) in [5, 5.41) is 11.9. The van der Waals surface area contributed by atoms with Crippen molar-refractivity contribution in [2.24, 2.45) is 0 Å². The summed E-state index contributed by atoms with van der Waals surface area (Å²) in [6.07, 6.45) is 4.53. The van der Waals surface area contributed by atoms with Crippen molar-refractivity contribution in [3.05, 3.63) is 54.1 Å². The zero-order chi connectivity index (χ0) is 18.9. The van der Waals surface area contributed by atoms with Crippen LogP contribution in [0.1, 0.15) is 31.2 Å². The molecule has 0 saturated carbocycles. The summed E-state index contributed by atoms with van der Waals surface area (Å²) in [6, 6.07) is 15.7. The van der Waals surface area contributed by atoms with Crippen molar-refractivity contribution in [2.75, 3.05) is 32.2 Å². The highest BCUT2D eigenvalue weighted by molar-refractivity contribution is 5.97. The minimum Gasteiger partial charge on any atom is -0.497 e. The van der Waals surface area contributed by atoms with E-state index in [1.54, 1.807) is 14.2 Å². The van der Waals surface area contributed by atoms with E-state index in [0.717, 1.165) is 42.1 Å². The number of amidine groups is 1. The molecule has 5 nitrogen and oxygen atoms in total. The van der Waals surface area contributed by atoms with Gasteiger partial charge in [-0.25, -0.2) is 0 Å². The van der Waals surface area contributed by atoms with E-state index in [-0.39, 0.29) is 0 Å². The van der Waals surface area contributed by atoms with Crippen LogP contribution in [0.15, 0.2) is 48.5 Å². The summed E-state index contributed by atoms with van der Waals surface area (Å²) in [7, 11) is 3.32. The van der Waals surface area contributed by atoms with Gasteiger partial charge in [-0.15, -0.1) is 0 Å². The molecule has 0 aliphatic carbocycles. The minimum atomic E-state index is -1.10. The molecule has 2 aromatic carbocycles. The van der Waals surface area contributed by atoms with Gasteiger partial charge in [0.25, 0.3) is 11.6 Å². The first-order valence-corrected chi connectivity index (χ1v) is 9.58. The standard InChI is InChI=1S/C22H27N2O3/c1-26-19-11-7-17(8-12-19)22(25)16-23-15-5-3-4-6-21(23)24(22)18-9-13-20(27-2)14-10-18/h7-14,25H,3-6,15-16H2,1-2H3/q+1/t22-/m0/s1. The molecule has 0 fully saturated rings. The Morgan fingerprint density at radius 2 is 1.52 bits per heavy atom. The van der Waals surface area contributed by atoms with Crippen molar-refractivity contribution in [1.29, 1.82) is 0 Å². The van der Waals surface area contributed by atoms with Crippen molar-refractivity contribution >= 4 is 11.5 Å². The first kappa shape index (κ1) is 17.9. The predicted molar refractivity (Wildman–Crippen MR) is 106 cm³/mol. The number of rotatable bonds is 4. The Kier molecular flexibility index (Phi) is 4.79. The van der Waals surface area contributed by atoms with Crippen LogP contribution in [0, 0.1) is 0 Å². The van der Waals surface area contributed by atoms with Crippen molar-refractivity contribution in [1.82, 2.24) is 0 Å². The third-order valence-electron chi connectivity index (χ3n) is 5.62. The topological polar surface area (TPSA) is 44.9 Å². The lowest BCUT2D eigenvalue weighted by molar-refractivity contribution is -0.534. The Labute approximate surface area is 160 Å². The van der Waals surface area contributed by atoms with E-state index in [0.29, 0.717) is 6.54 Å². The molecule has 5 heteroatoms. The van der Waals surface area contributed by atoms with Crippen LogP contribution < -0.4 is 14.4 Å². The molecule has 2 aliphatic heterocycles. The molecule has 2 aromatic rings. The van der Waals surface area contributed by atoms with Gasteiger partial charge in [0.2, 0.25) is 0 Å². The molecule has 0 saturated heterocycles. The molecule has 27 heavy (non-hydrogen) atoms. The largest absolute Gasteiger partial charge is 0.497 e. The fourth-order valence-electron chi connectivity index (χ4n) is 4.20. The zero-order valence-electron chi connectivity index (χ0n) is 16.0. The number of nitrogens with zero attached hydrogens (tertiary/aromatic N) is 2. The third kappa shape index (κ3) is 3.16. The van der Waals surface area contributed by atoms with Crippen molar-refractivity contribution in [3.8, 4) is 11.5 Å². The van der Waals surface area contributed by atoms with Gasteiger partial charge in [-0.2, -0.15) is 4.90 Å². The molecule has 0 amide bonds. The third-order valence-corrected chi connectivity index (χ3v) is 5.62. The number of hydrogen-bond acceptors (Lipinski definition) is 4. The molecule has 0 bridgehead atoms. The van der Waals surface area contributed by atoms with Gasteiger partial charge < -0.3 is 14.6 Å². The fourth-order valence-corrected chi connectivity index (χ4v) is 4.20. The number of benzene rings is 2. The van der Waals surface area contributed by atoms with E-state index in [9.17, 15) is 5.11 Å². The molecule has 0 radical (unpaired) electrons. The van der Waals surface area contributed by atoms with Gasteiger partial charge in [-0.05, 0) is 67.8 Å². The van der Waals surface area contributed by atoms with E-state index < -0.39 is 5.72 Å². The first-order valence-electron chi connectivity index (χ1n) is 9.58. The molecule has 4 rings (SSSR count). The van der Waals surface area contributed by atoms with Gasteiger partial charge in [0.15, 0.2) is 6.54 Å². The van der Waals surface area contributed by atoms with Crippen LogP contribution >= 0.6 is 0 Å². The van der Waals surface area contributed by atoms with Crippen LogP contribution in [0.5, 0.6) is 11.5 Å². The van der Waals surface area contributed by atoms with E-state index in [1.807, 2.05) is 48.5 Å². The van der Waals surface area contributed by atoms with Gasteiger partial charge >= 0.3 is 0 Å². The highest BCUT2D eigenvalue weighted by Crippen LogP contribution is 2.38. The molecule has 1 atom stereocenters. The second kappa shape index (κ2) is 7.24. The van der Waals surface area contributed by atoms with Crippen molar-refractivity contribution < 1.29 is 19.2 Å². The average molecular weight is 367 g/mol. The Hall–Kier alpha value is -2.53. The van der Waals surface area contributed by atoms with Crippen molar-refractivity contribution in [3.63, 3.8) is 0 Å². The maximum absolute atomic E-state index is 11.9. The van der Waals surface area contributed by atoms with E-state index in [4.69, 9.17) is 9.47 Å². The number of methoxy groups -OCH3 is 2. The second-order valence-electron chi connectivity index (χ2n) is 7.23. The fraction of sp³-hybridized carbons (Fsp3) is 0.409. The smallest absolute Gasteiger partial charge is 0.275 e. The van der Waals surface area contributed by atoms with Gasteiger partial charge in [0.05, 0.1) is 20.8 Å². The van der Waals surface area contributed by atoms with Gasteiger partial charge in [0.1, 0.15) is 17.2 Å². The van der Waals surface area contributed by atoms with Crippen LogP contribution in [-0.4, -0.2) is 42.8 Å². The molecule has 1 N–H and O–H groups in total. The highest BCUT2D eigenvalue weighted by atomic mass is 16.5. The zero-order valence-corrected chi connectivity index (χ0v) is 16.0. The molecule has 0 spiro atoms. The maximum Gasteiger partial charge on any atom is 0.275 e. The number of anilines is 1. The van der Waals surface area contributed by atoms with Crippen LogP contribution in [0.2, 0.25) is 0 Å². The van der Waals surface area contributed by atoms with Gasteiger partial charge in [-0.3, -0.25) is 4.58 Å². The van der Waals surface area contributed by atoms with Crippen LogP contribution in [0.25, 0.3) is 0 Å². The normalized spacial score (nSPS) is 22.4. The Morgan fingerprint density at radius 3 is 2.15 bits per heavy atom. The molecular formula is C22H27N2O3+. The molecule has 2 heterocycles. The summed E-state index contributed by atoms with van der Waals surface area (Å²) in [5.74, 6) is 2.81.